The third kappa shape index (κ3) is 4.64. The molecule has 3 rings (SSSR count). The van der Waals surface area contributed by atoms with Gasteiger partial charge in [-0.15, -0.1) is 0 Å². The van der Waals surface area contributed by atoms with Crippen molar-refractivity contribution in [1.82, 2.24) is 21.3 Å². The summed E-state index contributed by atoms with van der Waals surface area (Å²) in [6.07, 6.45) is 0. The average Bonchev–Trinajstić information content (AvgIpc) is 2.64. The Morgan fingerprint density at radius 1 is 0.629 bits per heavy atom. The Hall–Kier alpha value is -4.44. The third-order valence-corrected chi connectivity index (χ3v) is 4.44. The summed E-state index contributed by atoms with van der Waals surface area (Å²) in [7, 11) is 0.880. The van der Waals surface area contributed by atoms with Gasteiger partial charge in [-0.2, -0.15) is 0 Å². The molecule has 0 aromatic heterocycles. The minimum atomic E-state index is -3.32. The summed E-state index contributed by atoms with van der Waals surface area (Å²) < 4.78 is 4.73. The molecule has 0 spiro atoms. The number of hydrogen-bond acceptors (Lipinski definition) is 11. The van der Waals surface area contributed by atoms with E-state index in [4.69, 9.17) is 4.74 Å². The first-order valence-corrected chi connectivity index (χ1v) is 7.81. The molecule has 0 radical (unpaired) electrons. The van der Waals surface area contributed by atoms with Crippen molar-refractivity contribution in [1.29, 1.82) is 0 Å². The Kier molecular flexibility index (Phi) is 11.2. The maximum Gasteiger partial charge on any atom is 0.328 e. The molecule has 8 amide bonds. The van der Waals surface area contributed by atoms with E-state index in [1.165, 1.54) is 0 Å². The van der Waals surface area contributed by atoms with Crippen LogP contribution in [-0.2, 0) is 30.4 Å². The zero-order chi connectivity index (χ0) is 22.6. The van der Waals surface area contributed by atoms with Gasteiger partial charge in [-0.25, -0.2) is 9.59 Å². The Bertz CT molecular complexity index is 951. The minimum absolute atomic E-state index is 0. The maximum atomic E-state index is 12.2. The van der Waals surface area contributed by atoms with E-state index >= 15 is 0 Å². The molecule has 2 aliphatic heterocycles. The molecule has 1 aromatic rings. The smallest absolute Gasteiger partial charge is 0.328 e. The normalized spacial score (nSPS) is 17.2. The molecule has 18 N–H and O–H groups in total. The number of imide groups is 4. The van der Waals surface area contributed by atoms with E-state index in [9.17, 15) is 49.2 Å². The van der Waals surface area contributed by atoms with E-state index in [1.807, 2.05) is 0 Å². The van der Waals surface area contributed by atoms with E-state index in [2.05, 4.69) is 0 Å². The summed E-state index contributed by atoms with van der Waals surface area (Å²) >= 11 is 0. The van der Waals surface area contributed by atoms with Crippen molar-refractivity contribution in [2.45, 2.75) is 11.2 Å². The predicted molar refractivity (Wildman–Crippen MR) is 106 cm³/mol. The Labute approximate surface area is 192 Å². The molecule has 0 unspecified atom stereocenters. The molecule has 2 fully saturated rings. The number of aromatic hydroxyl groups is 2. The number of nitrogens with one attached hydrogen (secondary N) is 4. The number of barbiturate groups is 2. The van der Waals surface area contributed by atoms with Crippen LogP contribution < -0.4 is 26.0 Å². The first-order chi connectivity index (χ1) is 13.9. The second kappa shape index (κ2) is 11.1. The van der Waals surface area contributed by atoms with E-state index in [1.54, 1.807) is 21.3 Å². The van der Waals surface area contributed by atoms with Gasteiger partial charge in [-0.1, -0.05) is 0 Å². The van der Waals surface area contributed by atoms with E-state index < -0.39 is 75.3 Å². The van der Waals surface area contributed by atoms with Crippen molar-refractivity contribution in [2.24, 2.45) is 0 Å². The first-order valence-electron chi connectivity index (χ1n) is 7.81. The van der Waals surface area contributed by atoms with E-state index in [0.29, 0.717) is 6.07 Å². The molecular weight excluding hydrogens is 492 g/mol. The molecule has 0 bridgehead atoms. The molecular formula is C15H22N4O16. The number of carbonyl (C=O) groups is 6. The van der Waals surface area contributed by atoms with Crippen molar-refractivity contribution >= 4 is 35.7 Å². The van der Waals surface area contributed by atoms with Gasteiger partial charge in [0.1, 0.15) is 0 Å². The summed E-state index contributed by atoms with van der Waals surface area (Å²) in [4.78, 5) is 71.3. The highest BCUT2D eigenvalue weighted by Crippen LogP contribution is 2.48. The highest BCUT2D eigenvalue weighted by Gasteiger charge is 2.57. The summed E-state index contributed by atoms with van der Waals surface area (Å²) in [6, 6.07) is -2.19. The molecule has 20 heteroatoms. The van der Waals surface area contributed by atoms with Crippen LogP contribution in [0.2, 0.25) is 0 Å². The highest BCUT2D eigenvalue weighted by atomic mass is 16.5. The van der Waals surface area contributed by atoms with Gasteiger partial charge in [0, 0.05) is 11.1 Å². The van der Waals surface area contributed by atoms with Gasteiger partial charge in [0.15, 0.2) is 11.5 Å². The number of phenolic OH excluding ortho intramolecular Hbond substituents is 2. The van der Waals surface area contributed by atoms with Crippen molar-refractivity contribution in [2.75, 3.05) is 7.11 Å². The van der Waals surface area contributed by atoms with Crippen molar-refractivity contribution in [3.05, 3.63) is 17.2 Å². The lowest BCUT2D eigenvalue weighted by Gasteiger charge is -2.33. The number of hydrogen-bond donors (Lipinski definition) is 8. The zero-order valence-corrected chi connectivity index (χ0v) is 17.2. The summed E-state index contributed by atoms with van der Waals surface area (Å²) in [6.45, 7) is 0. The molecule has 20 nitrogen and oxygen atoms in total. The number of carbonyl (C=O) groups excluding carboxylic acids is 6. The lowest BCUT2D eigenvalue weighted by atomic mass is 9.82. The Balaban J connectivity index is -0.00000205. The maximum absolute atomic E-state index is 12.2. The standard InChI is InChI=1S/C15H12N4O11.5H2O/c1-30-7-5(20)3(14(28)8(22)16-12(26)17-9(14)23)2-4(6(7)21)15(29)10(24)18-13(27)19-11(15)25;;;;;/h2,20-21,28-29H,1H3,(H2,16,17,22,23,26)(H2,18,19,24,25,27);5*1H2. The molecule has 198 valence electrons. The minimum Gasteiger partial charge on any atom is -0.504 e. The molecule has 35 heavy (non-hydrogen) atoms. The van der Waals surface area contributed by atoms with Crippen LogP contribution in [0.4, 0.5) is 9.59 Å². The molecule has 1 aromatic carbocycles. The van der Waals surface area contributed by atoms with Crippen LogP contribution in [-0.4, -0.2) is 90.6 Å². The topological polar surface area (TPSA) is 398 Å². The zero-order valence-electron chi connectivity index (χ0n) is 17.2. The van der Waals surface area contributed by atoms with Gasteiger partial charge in [-0.3, -0.25) is 40.4 Å². The molecule has 2 saturated heterocycles. The molecule has 2 aliphatic rings. The van der Waals surface area contributed by atoms with Gasteiger partial charge in [0.25, 0.3) is 34.8 Å². The second-order valence-electron chi connectivity index (χ2n) is 6.10. The first kappa shape index (κ1) is 35.2. The van der Waals surface area contributed by atoms with Gasteiger partial charge in [0.2, 0.25) is 5.75 Å². The van der Waals surface area contributed by atoms with Gasteiger partial charge in [-0.05, 0) is 6.07 Å². The quantitative estimate of drug-likeness (QED) is 0.175. The Morgan fingerprint density at radius 2 is 0.886 bits per heavy atom. The fourth-order valence-corrected chi connectivity index (χ4v) is 2.92. The third-order valence-electron chi connectivity index (χ3n) is 4.44. The van der Waals surface area contributed by atoms with Crippen molar-refractivity contribution in [3.63, 3.8) is 0 Å². The SMILES string of the molecule is COc1c(O)c(C2(O)C(=O)NC(=O)NC2=O)cc(C2(O)C(=O)NC(=O)NC2=O)c1O.O.O.O.O.O. The lowest BCUT2D eigenvalue weighted by molar-refractivity contribution is -0.156. The van der Waals surface area contributed by atoms with Crippen LogP contribution in [0.5, 0.6) is 17.2 Å². The number of benzene rings is 1. The van der Waals surface area contributed by atoms with Gasteiger partial charge < -0.3 is 52.5 Å². The largest absolute Gasteiger partial charge is 0.504 e. The van der Waals surface area contributed by atoms with E-state index in [-0.39, 0.29) is 27.4 Å². The highest BCUT2D eigenvalue weighted by molar-refractivity contribution is 6.23. The van der Waals surface area contributed by atoms with Crippen LogP contribution in [0, 0.1) is 0 Å². The van der Waals surface area contributed by atoms with E-state index in [0.717, 1.165) is 7.11 Å². The number of rotatable bonds is 3. The van der Waals surface area contributed by atoms with Crippen LogP contribution >= 0.6 is 0 Å². The van der Waals surface area contributed by atoms with Crippen LogP contribution in [0.1, 0.15) is 11.1 Å². The number of aliphatic hydroxyl groups is 2. The number of amides is 8. The molecule has 2 heterocycles. The van der Waals surface area contributed by atoms with Crippen molar-refractivity contribution < 1.29 is 81.3 Å². The monoisotopic (exact) mass is 514 g/mol. The van der Waals surface area contributed by atoms with Crippen LogP contribution in [0.3, 0.4) is 0 Å². The van der Waals surface area contributed by atoms with Gasteiger partial charge >= 0.3 is 12.1 Å². The number of urea groups is 2. The van der Waals surface area contributed by atoms with Crippen molar-refractivity contribution in [3.8, 4) is 17.2 Å². The summed E-state index contributed by atoms with van der Waals surface area (Å²) in [5, 5.41) is 48.3. The molecule has 0 saturated carbocycles. The summed E-state index contributed by atoms with van der Waals surface area (Å²) in [5.41, 5.74) is -8.77. The fraction of sp³-hybridized carbons (Fsp3) is 0.200. The fourth-order valence-electron chi connectivity index (χ4n) is 2.92. The number of methoxy groups -OCH3 is 1. The van der Waals surface area contributed by atoms with Crippen LogP contribution in [0.25, 0.3) is 0 Å². The summed E-state index contributed by atoms with van der Waals surface area (Å²) in [5.74, 6) is -9.89. The average molecular weight is 514 g/mol. The number of phenols is 2. The van der Waals surface area contributed by atoms with Crippen LogP contribution in [0.15, 0.2) is 6.07 Å². The Morgan fingerprint density at radius 3 is 1.11 bits per heavy atom. The lowest BCUT2D eigenvalue weighted by Crippen LogP contribution is -2.65. The number of ether oxygens (including phenoxy) is 1. The second-order valence-corrected chi connectivity index (χ2v) is 6.10. The predicted octanol–water partition coefficient (Wildman–Crippen LogP) is -7.91. The molecule has 0 aliphatic carbocycles. The van der Waals surface area contributed by atoms with Gasteiger partial charge in [0.05, 0.1) is 7.11 Å². The molecule has 0 atom stereocenters.